The number of nitrogens with zero attached hydrogens (tertiary/aromatic N) is 3. The van der Waals surface area contributed by atoms with Crippen LogP contribution in [0.3, 0.4) is 0 Å². The van der Waals surface area contributed by atoms with Gasteiger partial charge in [0.15, 0.2) is 10.9 Å². The van der Waals surface area contributed by atoms with E-state index < -0.39 is 11.7 Å². The second kappa shape index (κ2) is 9.17. The van der Waals surface area contributed by atoms with Gasteiger partial charge in [-0.1, -0.05) is 17.8 Å². The van der Waals surface area contributed by atoms with Gasteiger partial charge in [0.1, 0.15) is 0 Å². The molecule has 1 aromatic carbocycles. The standard InChI is InChI=1S/C19H18F3N3O3S/c1-2-27-16(26)9-5-11-29-18-24-23-17(15-8-4-10-28-15)25(18)14-7-3-6-13(12-14)19(20,21)22/h3-4,6-8,10,12H,2,5,9,11H2,1H3. The molecule has 0 radical (unpaired) electrons. The van der Waals surface area contributed by atoms with Crippen molar-refractivity contribution in [1.82, 2.24) is 14.8 Å². The Morgan fingerprint density at radius 2 is 2.07 bits per heavy atom. The quantitative estimate of drug-likeness (QED) is 0.288. The predicted octanol–water partition coefficient (Wildman–Crippen LogP) is 4.98. The van der Waals surface area contributed by atoms with Crippen LogP contribution < -0.4 is 0 Å². The minimum absolute atomic E-state index is 0.254. The third-order valence-electron chi connectivity index (χ3n) is 3.87. The average molecular weight is 425 g/mol. The molecule has 29 heavy (non-hydrogen) atoms. The molecular formula is C19H18F3N3O3S. The number of halogens is 3. The number of rotatable bonds is 8. The molecule has 0 aliphatic rings. The van der Waals surface area contributed by atoms with Gasteiger partial charge in [-0.3, -0.25) is 9.36 Å². The van der Waals surface area contributed by atoms with Crippen molar-refractivity contribution in [1.29, 1.82) is 0 Å². The fourth-order valence-corrected chi connectivity index (χ4v) is 3.49. The van der Waals surface area contributed by atoms with Crippen molar-refractivity contribution in [2.45, 2.75) is 31.1 Å². The molecule has 10 heteroatoms. The summed E-state index contributed by atoms with van der Waals surface area (Å²) in [4.78, 5) is 11.5. The van der Waals surface area contributed by atoms with Gasteiger partial charge in [-0.25, -0.2) is 0 Å². The number of esters is 1. The van der Waals surface area contributed by atoms with Crippen LogP contribution in [0.5, 0.6) is 0 Å². The monoisotopic (exact) mass is 425 g/mol. The third kappa shape index (κ3) is 5.20. The number of aromatic nitrogens is 3. The smallest absolute Gasteiger partial charge is 0.416 e. The third-order valence-corrected chi connectivity index (χ3v) is 4.88. The molecule has 2 aromatic heterocycles. The first-order valence-corrected chi connectivity index (χ1v) is 9.84. The molecule has 0 saturated carbocycles. The maximum absolute atomic E-state index is 13.2. The molecule has 2 heterocycles. The zero-order valence-corrected chi connectivity index (χ0v) is 16.3. The molecule has 0 unspecified atom stereocenters. The van der Waals surface area contributed by atoms with Gasteiger partial charge in [-0.15, -0.1) is 10.2 Å². The Kier molecular flexibility index (Phi) is 6.63. The molecule has 0 amide bonds. The largest absolute Gasteiger partial charge is 0.466 e. The Labute approximate surface area is 169 Å². The van der Waals surface area contributed by atoms with Gasteiger partial charge in [0.2, 0.25) is 5.82 Å². The lowest BCUT2D eigenvalue weighted by atomic mass is 10.2. The first-order chi connectivity index (χ1) is 13.9. The molecule has 154 valence electrons. The highest BCUT2D eigenvalue weighted by Crippen LogP contribution is 2.33. The molecule has 0 spiro atoms. The van der Waals surface area contributed by atoms with Gasteiger partial charge in [0, 0.05) is 12.2 Å². The number of hydrogen-bond acceptors (Lipinski definition) is 6. The first-order valence-electron chi connectivity index (χ1n) is 8.85. The maximum Gasteiger partial charge on any atom is 0.416 e. The van der Waals surface area contributed by atoms with Crippen molar-refractivity contribution >= 4 is 17.7 Å². The lowest BCUT2D eigenvalue weighted by Gasteiger charge is -2.12. The van der Waals surface area contributed by atoms with Crippen LogP contribution >= 0.6 is 11.8 Å². The van der Waals surface area contributed by atoms with Crippen molar-refractivity contribution < 1.29 is 27.1 Å². The Bertz CT molecular complexity index is 955. The van der Waals surface area contributed by atoms with E-state index in [2.05, 4.69) is 10.2 Å². The van der Waals surface area contributed by atoms with Gasteiger partial charge in [0.25, 0.3) is 0 Å². The molecule has 3 rings (SSSR count). The topological polar surface area (TPSA) is 70.2 Å². The summed E-state index contributed by atoms with van der Waals surface area (Å²) < 4.78 is 51.3. The van der Waals surface area contributed by atoms with E-state index in [9.17, 15) is 18.0 Å². The van der Waals surface area contributed by atoms with Gasteiger partial charge in [-0.2, -0.15) is 13.2 Å². The number of hydrogen-bond donors (Lipinski definition) is 0. The summed E-state index contributed by atoms with van der Waals surface area (Å²) in [5.74, 6) is 0.910. The SMILES string of the molecule is CCOC(=O)CCCSc1nnc(-c2ccco2)n1-c1cccc(C(F)(F)F)c1. The lowest BCUT2D eigenvalue weighted by molar-refractivity contribution is -0.143. The van der Waals surface area contributed by atoms with Crippen molar-refractivity contribution in [3.8, 4) is 17.3 Å². The number of carbonyl (C=O) groups excluding carboxylic acids is 1. The molecule has 0 saturated heterocycles. The molecule has 0 atom stereocenters. The van der Waals surface area contributed by atoms with E-state index in [1.165, 1.54) is 28.7 Å². The van der Waals surface area contributed by atoms with E-state index in [4.69, 9.17) is 9.15 Å². The normalized spacial score (nSPS) is 11.6. The Hall–Kier alpha value is -2.75. The molecule has 0 bridgehead atoms. The van der Waals surface area contributed by atoms with Crippen LogP contribution in [-0.4, -0.2) is 33.1 Å². The highest BCUT2D eigenvalue weighted by Gasteiger charge is 2.31. The van der Waals surface area contributed by atoms with Crippen molar-refractivity contribution in [2.24, 2.45) is 0 Å². The van der Waals surface area contributed by atoms with Gasteiger partial charge in [0.05, 0.1) is 24.1 Å². The number of carbonyl (C=O) groups is 1. The van der Waals surface area contributed by atoms with Crippen LogP contribution in [0.2, 0.25) is 0 Å². The second-order valence-electron chi connectivity index (χ2n) is 5.92. The van der Waals surface area contributed by atoms with E-state index in [1.54, 1.807) is 25.1 Å². The highest BCUT2D eigenvalue weighted by atomic mass is 32.2. The summed E-state index contributed by atoms with van der Waals surface area (Å²) in [6.07, 6.45) is -2.23. The Morgan fingerprint density at radius 3 is 2.76 bits per heavy atom. The van der Waals surface area contributed by atoms with Gasteiger partial charge < -0.3 is 9.15 Å². The van der Waals surface area contributed by atoms with Crippen LogP contribution in [0, 0.1) is 0 Å². The van der Waals surface area contributed by atoms with Crippen LogP contribution in [0.4, 0.5) is 13.2 Å². The zero-order chi connectivity index (χ0) is 20.9. The fraction of sp³-hybridized carbons (Fsp3) is 0.316. The Morgan fingerprint density at radius 1 is 1.24 bits per heavy atom. The van der Waals surface area contributed by atoms with Crippen LogP contribution in [0.15, 0.2) is 52.2 Å². The van der Waals surface area contributed by atoms with Crippen molar-refractivity contribution in [2.75, 3.05) is 12.4 Å². The first kappa shape index (κ1) is 21.0. The molecule has 0 N–H and O–H groups in total. The minimum Gasteiger partial charge on any atom is -0.466 e. The number of alkyl halides is 3. The average Bonchev–Trinajstić information content (AvgIpc) is 3.34. The number of ether oxygens (including phenoxy) is 1. The molecule has 0 aliphatic carbocycles. The summed E-state index contributed by atoms with van der Waals surface area (Å²) in [6, 6.07) is 8.24. The Balaban J connectivity index is 1.88. The lowest BCUT2D eigenvalue weighted by Crippen LogP contribution is -2.07. The summed E-state index contributed by atoms with van der Waals surface area (Å²) in [7, 11) is 0. The molecule has 6 nitrogen and oxygen atoms in total. The number of thioether (sulfide) groups is 1. The summed E-state index contributed by atoms with van der Waals surface area (Å²) in [6.45, 7) is 2.06. The van der Waals surface area contributed by atoms with E-state index in [0.29, 0.717) is 35.5 Å². The number of furan rings is 1. The molecular weight excluding hydrogens is 407 g/mol. The van der Waals surface area contributed by atoms with Crippen LogP contribution in [-0.2, 0) is 15.7 Å². The predicted molar refractivity (Wildman–Crippen MR) is 101 cm³/mol. The summed E-state index contributed by atoms with van der Waals surface area (Å²) >= 11 is 1.29. The van der Waals surface area contributed by atoms with Crippen molar-refractivity contribution in [3.63, 3.8) is 0 Å². The van der Waals surface area contributed by atoms with Crippen molar-refractivity contribution in [3.05, 3.63) is 48.2 Å². The van der Waals surface area contributed by atoms with E-state index in [1.807, 2.05) is 0 Å². The van der Waals surface area contributed by atoms with E-state index >= 15 is 0 Å². The molecule has 3 aromatic rings. The maximum atomic E-state index is 13.2. The van der Waals surface area contributed by atoms with Crippen LogP contribution in [0.25, 0.3) is 17.3 Å². The second-order valence-corrected chi connectivity index (χ2v) is 6.99. The molecule has 0 aliphatic heterocycles. The highest BCUT2D eigenvalue weighted by molar-refractivity contribution is 7.99. The zero-order valence-electron chi connectivity index (χ0n) is 15.5. The van der Waals surface area contributed by atoms with Crippen LogP contribution in [0.1, 0.15) is 25.3 Å². The fourth-order valence-electron chi connectivity index (χ4n) is 2.60. The summed E-state index contributed by atoms with van der Waals surface area (Å²) in [5, 5.41) is 8.61. The number of benzene rings is 1. The van der Waals surface area contributed by atoms with Gasteiger partial charge >= 0.3 is 12.1 Å². The summed E-state index contributed by atoms with van der Waals surface area (Å²) in [5.41, 5.74) is -0.503. The minimum atomic E-state index is -4.47. The van der Waals surface area contributed by atoms with E-state index in [-0.39, 0.29) is 18.1 Å². The van der Waals surface area contributed by atoms with Gasteiger partial charge in [-0.05, 0) is 43.7 Å². The molecule has 0 fully saturated rings. The van der Waals surface area contributed by atoms with E-state index in [0.717, 1.165) is 12.1 Å².